The van der Waals surface area contributed by atoms with Gasteiger partial charge in [0.05, 0.1) is 5.69 Å². The van der Waals surface area contributed by atoms with Gasteiger partial charge in [-0.25, -0.2) is 8.42 Å². The van der Waals surface area contributed by atoms with Gasteiger partial charge < -0.3 is 11.5 Å². The molecule has 1 amide bonds. The third-order valence-electron chi connectivity index (χ3n) is 3.65. The van der Waals surface area contributed by atoms with Crippen LogP contribution in [0.15, 0.2) is 23.1 Å². The minimum atomic E-state index is -3.60. The molecule has 0 aromatic heterocycles. The Bertz CT molecular complexity index is 620. The van der Waals surface area contributed by atoms with Gasteiger partial charge in [0.15, 0.2) is 0 Å². The third kappa shape index (κ3) is 2.78. The number of primary amides is 1. The van der Waals surface area contributed by atoms with E-state index in [-0.39, 0.29) is 16.1 Å². The molecule has 0 atom stereocenters. The van der Waals surface area contributed by atoms with Crippen molar-refractivity contribution in [2.24, 2.45) is 11.7 Å². The number of nitrogen functional groups attached to an aromatic ring is 1. The monoisotopic (exact) mass is 297 g/mol. The van der Waals surface area contributed by atoms with Crippen LogP contribution in [0.2, 0.25) is 0 Å². The van der Waals surface area contributed by atoms with Gasteiger partial charge in [0.25, 0.3) is 0 Å². The second-order valence-corrected chi connectivity index (χ2v) is 7.11. The number of nitrogens with zero attached hydrogens (tertiary/aromatic N) is 1. The first kappa shape index (κ1) is 14.8. The van der Waals surface area contributed by atoms with E-state index in [1.165, 1.54) is 22.5 Å². The molecule has 7 heteroatoms. The van der Waals surface area contributed by atoms with Crippen molar-refractivity contribution in [3.05, 3.63) is 23.8 Å². The highest BCUT2D eigenvalue weighted by Crippen LogP contribution is 2.27. The summed E-state index contributed by atoms with van der Waals surface area (Å²) in [5.74, 6) is -0.0940. The summed E-state index contributed by atoms with van der Waals surface area (Å²) in [6.45, 7) is 3.11. The third-order valence-corrected chi connectivity index (χ3v) is 5.63. The largest absolute Gasteiger partial charge is 0.398 e. The summed E-state index contributed by atoms with van der Waals surface area (Å²) in [6.07, 6.45) is 1.69. The van der Waals surface area contributed by atoms with Crippen molar-refractivity contribution < 1.29 is 13.2 Å². The van der Waals surface area contributed by atoms with Crippen LogP contribution in [-0.2, 0) is 10.0 Å². The van der Waals surface area contributed by atoms with Gasteiger partial charge in [-0.05, 0) is 37.0 Å². The van der Waals surface area contributed by atoms with Crippen molar-refractivity contribution in [1.29, 1.82) is 0 Å². The maximum absolute atomic E-state index is 12.5. The molecule has 1 aliphatic rings. The molecule has 0 aliphatic carbocycles. The zero-order chi connectivity index (χ0) is 14.9. The van der Waals surface area contributed by atoms with E-state index in [9.17, 15) is 13.2 Å². The lowest BCUT2D eigenvalue weighted by molar-refractivity contribution is 0.1000. The maximum Gasteiger partial charge on any atom is 0.248 e. The molecule has 0 unspecified atom stereocenters. The minimum absolute atomic E-state index is 0.0389. The molecule has 1 aromatic carbocycles. The number of anilines is 1. The van der Waals surface area contributed by atoms with Crippen molar-refractivity contribution in [2.45, 2.75) is 24.7 Å². The van der Waals surface area contributed by atoms with Gasteiger partial charge in [-0.15, -0.1) is 0 Å². The molecule has 20 heavy (non-hydrogen) atoms. The molecule has 1 aliphatic heterocycles. The number of carbonyl (C=O) groups is 1. The number of sulfonamides is 1. The summed E-state index contributed by atoms with van der Waals surface area (Å²) in [4.78, 5) is 11.1. The van der Waals surface area contributed by atoms with Crippen LogP contribution >= 0.6 is 0 Å². The van der Waals surface area contributed by atoms with E-state index in [1.807, 2.05) is 0 Å². The Balaban J connectivity index is 2.32. The standard InChI is InChI=1S/C13H19N3O3S/c1-9-4-6-16(7-5-9)20(18,19)12-3-2-10(13(15)17)8-11(12)14/h2-3,8-9H,4-7,14H2,1H3,(H2,15,17). The quantitative estimate of drug-likeness (QED) is 0.804. The van der Waals surface area contributed by atoms with Crippen molar-refractivity contribution in [1.82, 2.24) is 4.31 Å². The molecule has 1 aromatic rings. The lowest BCUT2D eigenvalue weighted by Gasteiger charge is -2.29. The first-order valence-corrected chi connectivity index (χ1v) is 7.96. The van der Waals surface area contributed by atoms with E-state index in [2.05, 4.69) is 6.92 Å². The number of benzene rings is 1. The maximum atomic E-state index is 12.5. The Morgan fingerprint density at radius 1 is 1.30 bits per heavy atom. The number of hydrogen-bond acceptors (Lipinski definition) is 4. The van der Waals surface area contributed by atoms with E-state index in [0.29, 0.717) is 19.0 Å². The van der Waals surface area contributed by atoms with Crippen molar-refractivity contribution in [3.8, 4) is 0 Å². The Kier molecular flexibility index (Phi) is 4.01. The summed E-state index contributed by atoms with van der Waals surface area (Å²) in [6, 6.07) is 4.04. The van der Waals surface area contributed by atoms with E-state index in [4.69, 9.17) is 11.5 Å². The fourth-order valence-corrected chi connectivity index (χ4v) is 3.87. The fraction of sp³-hybridized carbons (Fsp3) is 0.462. The zero-order valence-electron chi connectivity index (χ0n) is 11.4. The van der Waals surface area contributed by atoms with Crippen molar-refractivity contribution >= 4 is 21.6 Å². The summed E-state index contributed by atoms with van der Waals surface area (Å²) >= 11 is 0. The summed E-state index contributed by atoms with van der Waals surface area (Å²) in [7, 11) is -3.60. The van der Waals surface area contributed by atoms with Gasteiger partial charge in [0, 0.05) is 18.7 Å². The van der Waals surface area contributed by atoms with Crippen LogP contribution in [0.25, 0.3) is 0 Å². The van der Waals surface area contributed by atoms with Gasteiger partial charge in [-0.3, -0.25) is 4.79 Å². The normalized spacial score (nSPS) is 18.1. The van der Waals surface area contributed by atoms with Gasteiger partial charge in [0.1, 0.15) is 4.90 Å². The van der Waals surface area contributed by atoms with Gasteiger partial charge in [0.2, 0.25) is 15.9 Å². The molecule has 0 bridgehead atoms. The summed E-state index contributed by atoms with van der Waals surface area (Å²) in [5.41, 5.74) is 11.2. The molecule has 1 heterocycles. The lowest BCUT2D eigenvalue weighted by Crippen LogP contribution is -2.38. The molecule has 0 saturated carbocycles. The number of nitrogens with two attached hydrogens (primary N) is 2. The average Bonchev–Trinajstić information content (AvgIpc) is 2.38. The Hall–Kier alpha value is -1.60. The van der Waals surface area contributed by atoms with Crippen LogP contribution in [0.3, 0.4) is 0 Å². The summed E-state index contributed by atoms with van der Waals surface area (Å²) < 4.78 is 26.5. The van der Waals surface area contributed by atoms with E-state index in [1.54, 1.807) is 0 Å². The highest BCUT2D eigenvalue weighted by atomic mass is 32.2. The zero-order valence-corrected chi connectivity index (χ0v) is 12.2. The number of amides is 1. The average molecular weight is 297 g/mol. The number of carbonyl (C=O) groups excluding carboxylic acids is 1. The topological polar surface area (TPSA) is 106 Å². The molecule has 6 nitrogen and oxygen atoms in total. The molecular weight excluding hydrogens is 278 g/mol. The molecule has 4 N–H and O–H groups in total. The van der Waals surface area contributed by atoms with Crippen LogP contribution in [0.5, 0.6) is 0 Å². The molecular formula is C13H19N3O3S. The van der Waals surface area contributed by atoms with Crippen LogP contribution in [0.4, 0.5) is 5.69 Å². The van der Waals surface area contributed by atoms with E-state index < -0.39 is 15.9 Å². The Labute approximate surface area is 118 Å². The van der Waals surface area contributed by atoms with Crippen LogP contribution in [0.1, 0.15) is 30.1 Å². The minimum Gasteiger partial charge on any atom is -0.398 e. The number of piperidine rings is 1. The summed E-state index contributed by atoms with van der Waals surface area (Å²) in [5, 5.41) is 0. The predicted molar refractivity (Wildman–Crippen MR) is 76.5 cm³/mol. The van der Waals surface area contributed by atoms with E-state index >= 15 is 0 Å². The van der Waals surface area contributed by atoms with Crippen LogP contribution in [0, 0.1) is 5.92 Å². The van der Waals surface area contributed by atoms with Gasteiger partial charge in [-0.2, -0.15) is 4.31 Å². The molecule has 0 spiro atoms. The highest BCUT2D eigenvalue weighted by molar-refractivity contribution is 7.89. The number of hydrogen-bond donors (Lipinski definition) is 2. The predicted octanol–water partition coefficient (Wildman–Crippen LogP) is 0.788. The fourth-order valence-electron chi connectivity index (χ4n) is 2.30. The second-order valence-electron chi connectivity index (χ2n) is 5.20. The molecule has 1 saturated heterocycles. The Morgan fingerprint density at radius 3 is 2.40 bits per heavy atom. The van der Waals surface area contributed by atoms with Crippen LogP contribution in [-0.4, -0.2) is 31.7 Å². The van der Waals surface area contributed by atoms with Crippen molar-refractivity contribution in [2.75, 3.05) is 18.8 Å². The molecule has 2 rings (SSSR count). The van der Waals surface area contributed by atoms with Crippen LogP contribution < -0.4 is 11.5 Å². The molecule has 1 fully saturated rings. The molecule has 110 valence electrons. The highest BCUT2D eigenvalue weighted by Gasteiger charge is 2.29. The first-order valence-electron chi connectivity index (χ1n) is 6.52. The number of rotatable bonds is 3. The van der Waals surface area contributed by atoms with Gasteiger partial charge in [-0.1, -0.05) is 6.92 Å². The first-order chi connectivity index (χ1) is 9.32. The Morgan fingerprint density at radius 2 is 1.90 bits per heavy atom. The van der Waals surface area contributed by atoms with Gasteiger partial charge >= 0.3 is 0 Å². The lowest BCUT2D eigenvalue weighted by atomic mass is 10.0. The van der Waals surface area contributed by atoms with E-state index in [0.717, 1.165) is 12.8 Å². The van der Waals surface area contributed by atoms with Crippen molar-refractivity contribution in [3.63, 3.8) is 0 Å². The second kappa shape index (κ2) is 5.41. The molecule has 0 radical (unpaired) electrons. The SMILES string of the molecule is CC1CCN(S(=O)(=O)c2ccc(C(N)=O)cc2N)CC1. The smallest absolute Gasteiger partial charge is 0.248 e.